The molecule has 2 aromatic carbocycles. The number of halogens is 1. The molecular weight excluding hydrogens is 418 g/mol. The first-order valence-electron chi connectivity index (χ1n) is 11.9. The third kappa shape index (κ3) is 6.60. The van der Waals surface area contributed by atoms with Crippen molar-refractivity contribution in [1.29, 1.82) is 0 Å². The van der Waals surface area contributed by atoms with E-state index in [0.717, 1.165) is 74.7 Å². The summed E-state index contributed by atoms with van der Waals surface area (Å²) in [6.45, 7) is 10.7. The molecule has 4 nitrogen and oxygen atoms in total. The van der Waals surface area contributed by atoms with E-state index in [1.54, 1.807) is 0 Å². The predicted molar refractivity (Wildman–Crippen MR) is 134 cm³/mol. The number of hydrogen-bond acceptors (Lipinski definition) is 3. The van der Waals surface area contributed by atoms with Gasteiger partial charge in [0.2, 0.25) is 0 Å². The summed E-state index contributed by atoms with van der Waals surface area (Å²) < 4.78 is 8.04. The number of nitrogens with zero attached hydrogens (tertiary/aromatic N) is 3. The van der Waals surface area contributed by atoms with E-state index in [4.69, 9.17) is 21.3 Å². The fourth-order valence-corrected chi connectivity index (χ4v) is 4.18. The van der Waals surface area contributed by atoms with Crippen molar-refractivity contribution in [3.63, 3.8) is 0 Å². The van der Waals surface area contributed by atoms with Crippen molar-refractivity contribution in [2.75, 3.05) is 13.2 Å². The molecule has 0 atom stereocenters. The van der Waals surface area contributed by atoms with Crippen molar-refractivity contribution < 1.29 is 4.74 Å². The number of unbranched alkanes of at least 4 members (excludes halogenated alkanes) is 2. The van der Waals surface area contributed by atoms with Gasteiger partial charge in [-0.2, -0.15) is 0 Å². The summed E-state index contributed by atoms with van der Waals surface area (Å²) in [5, 5.41) is 0.615. The fraction of sp³-hybridized carbons (Fsp3) is 0.444. The Morgan fingerprint density at radius 1 is 0.938 bits per heavy atom. The van der Waals surface area contributed by atoms with Gasteiger partial charge in [0.05, 0.1) is 12.3 Å². The Hall–Kier alpha value is -2.30. The van der Waals surface area contributed by atoms with Gasteiger partial charge in [-0.1, -0.05) is 80.8 Å². The lowest BCUT2D eigenvalue weighted by molar-refractivity contribution is 0.245. The topological polar surface area (TPSA) is 30.3 Å². The molecule has 0 saturated heterocycles. The minimum atomic E-state index is 0.615. The monoisotopic (exact) mass is 453 g/mol. The first-order valence-corrected chi connectivity index (χ1v) is 12.3. The Bertz CT molecular complexity index is 955. The van der Waals surface area contributed by atoms with E-state index in [1.807, 2.05) is 19.1 Å². The normalized spacial score (nSPS) is 11.3. The molecule has 0 aliphatic rings. The van der Waals surface area contributed by atoms with Crippen LogP contribution in [0.25, 0.3) is 11.4 Å². The standard InChI is InChI=1S/C27H36ClN3O/c1-4-7-17-30(20-22-13-12-16-24(19-22)32-6-3)21-25-26(28)29-27(31(25)18-8-5-2)23-14-10-9-11-15-23/h9-16,19H,4-8,17-18,20-21H2,1-3H3. The summed E-state index contributed by atoms with van der Waals surface area (Å²) in [6, 6.07) is 18.8. The lowest BCUT2D eigenvalue weighted by atomic mass is 10.2. The van der Waals surface area contributed by atoms with Crippen LogP contribution in [0.5, 0.6) is 5.75 Å². The highest BCUT2D eigenvalue weighted by atomic mass is 35.5. The van der Waals surface area contributed by atoms with E-state index < -0.39 is 0 Å². The van der Waals surface area contributed by atoms with Crippen molar-refractivity contribution in [2.24, 2.45) is 0 Å². The maximum atomic E-state index is 6.75. The first kappa shape index (κ1) is 24.3. The summed E-state index contributed by atoms with van der Waals surface area (Å²) in [4.78, 5) is 7.28. The quantitative estimate of drug-likeness (QED) is 0.274. The molecule has 3 aromatic rings. The number of rotatable bonds is 13. The van der Waals surface area contributed by atoms with E-state index >= 15 is 0 Å². The highest BCUT2D eigenvalue weighted by Gasteiger charge is 2.19. The summed E-state index contributed by atoms with van der Waals surface area (Å²) in [7, 11) is 0. The van der Waals surface area contributed by atoms with Crippen molar-refractivity contribution in [1.82, 2.24) is 14.5 Å². The molecule has 0 bridgehead atoms. The third-order valence-corrected chi connectivity index (χ3v) is 5.91. The number of benzene rings is 2. The molecule has 0 amide bonds. The zero-order valence-corrected chi connectivity index (χ0v) is 20.4. The zero-order valence-electron chi connectivity index (χ0n) is 19.7. The van der Waals surface area contributed by atoms with E-state index in [0.29, 0.717) is 11.8 Å². The molecule has 5 heteroatoms. The molecular formula is C27H36ClN3O. The molecule has 0 unspecified atom stereocenters. The highest BCUT2D eigenvalue weighted by molar-refractivity contribution is 6.30. The smallest absolute Gasteiger partial charge is 0.152 e. The minimum absolute atomic E-state index is 0.615. The van der Waals surface area contributed by atoms with Crippen LogP contribution in [-0.4, -0.2) is 27.6 Å². The molecule has 0 saturated carbocycles. The summed E-state index contributed by atoms with van der Waals surface area (Å²) >= 11 is 6.75. The van der Waals surface area contributed by atoms with Gasteiger partial charge in [0.25, 0.3) is 0 Å². The molecule has 0 spiro atoms. The molecule has 32 heavy (non-hydrogen) atoms. The zero-order chi connectivity index (χ0) is 22.8. The molecule has 3 rings (SSSR count). The van der Waals surface area contributed by atoms with Gasteiger partial charge in [0.15, 0.2) is 5.15 Å². The number of imidazole rings is 1. The number of ether oxygens (including phenoxy) is 1. The van der Waals surface area contributed by atoms with Gasteiger partial charge in [-0.25, -0.2) is 4.98 Å². The van der Waals surface area contributed by atoms with Gasteiger partial charge >= 0.3 is 0 Å². The lowest BCUT2D eigenvalue weighted by Crippen LogP contribution is -2.26. The minimum Gasteiger partial charge on any atom is -0.494 e. The van der Waals surface area contributed by atoms with E-state index in [9.17, 15) is 0 Å². The molecule has 1 aromatic heterocycles. The maximum absolute atomic E-state index is 6.75. The molecule has 0 aliphatic heterocycles. The Kier molecular flexibility index (Phi) is 9.63. The lowest BCUT2D eigenvalue weighted by Gasteiger charge is -2.24. The van der Waals surface area contributed by atoms with Crippen LogP contribution < -0.4 is 4.74 Å². The van der Waals surface area contributed by atoms with E-state index in [2.05, 4.69) is 65.8 Å². The van der Waals surface area contributed by atoms with Gasteiger partial charge < -0.3 is 9.30 Å². The molecule has 1 heterocycles. The SMILES string of the molecule is CCCCN(Cc1cccc(OCC)c1)Cc1c(Cl)nc(-c2ccccc2)n1CCCC. The van der Waals surface area contributed by atoms with Gasteiger partial charge in [-0.05, 0) is 44.0 Å². The average Bonchev–Trinajstić information content (AvgIpc) is 3.12. The molecule has 0 fully saturated rings. The fourth-order valence-electron chi connectivity index (χ4n) is 3.94. The van der Waals surface area contributed by atoms with Crippen molar-refractivity contribution in [3.8, 4) is 17.1 Å². The van der Waals surface area contributed by atoms with E-state index in [1.165, 1.54) is 5.56 Å². The van der Waals surface area contributed by atoms with Crippen LogP contribution in [0.4, 0.5) is 0 Å². The first-order chi connectivity index (χ1) is 15.7. The average molecular weight is 454 g/mol. The third-order valence-electron chi connectivity index (χ3n) is 5.61. The van der Waals surface area contributed by atoms with Crippen molar-refractivity contribution >= 4 is 11.6 Å². The number of hydrogen-bond donors (Lipinski definition) is 0. The summed E-state index contributed by atoms with van der Waals surface area (Å²) in [6.07, 6.45) is 4.54. The van der Waals surface area contributed by atoms with Crippen molar-refractivity contribution in [2.45, 2.75) is 66.1 Å². The second-order valence-corrected chi connectivity index (χ2v) is 8.55. The second-order valence-electron chi connectivity index (χ2n) is 8.19. The Labute approximate surface area is 198 Å². The van der Waals surface area contributed by atoms with Crippen LogP contribution >= 0.6 is 11.6 Å². The van der Waals surface area contributed by atoms with Gasteiger partial charge in [0.1, 0.15) is 11.6 Å². The molecule has 0 radical (unpaired) electrons. The Morgan fingerprint density at radius 2 is 1.72 bits per heavy atom. The van der Waals surface area contributed by atoms with Gasteiger partial charge in [-0.3, -0.25) is 4.90 Å². The van der Waals surface area contributed by atoms with Gasteiger partial charge in [0, 0.05) is 25.2 Å². The molecule has 172 valence electrons. The van der Waals surface area contributed by atoms with Crippen LogP contribution in [-0.2, 0) is 19.6 Å². The van der Waals surface area contributed by atoms with Crippen LogP contribution in [0.3, 0.4) is 0 Å². The van der Waals surface area contributed by atoms with Crippen LogP contribution in [0.15, 0.2) is 54.6 Å². The van der Waals surface area contributed by atoms with E-state index in [-0.39, 0.29) is 0 Å². The Balaban J connectivity index is 1.89. The summed E-state index contributed by atoms with van der Waals surface area (Å²) in [5.74, 6) is 1.89. The Morgan fingerprint density at radius 3 is 2.44 bits per heavy atom. The second kappa shape index (κ2) is 12.7. The van der Waals surface area contributed by atoms with Crippen LogP contribution in [0.1, 0.15) is 57.7 Å². The largest absolute Gasteiger partial charge is 0.494 e. The van der Waals surface area contributed by atoms with Crippen LogP contribution in [0.2, 0.25) is 5.15 Å². The van der Waals surface area contributed by atoms with Gasteiger partial charge in [-0.15, -0.1) is 0 Å². The van der Waals surface area contributed by atoms with Crippen LogP contribution in [0, 0.1) is 0 Å². The molecule has 0 aliphatic carbocycles. The van der Waals surface area contributed by atoms with Crippen molar-refractivity contribution in [3.05, 3.63) is 71.0 Å². The highest BCUT2D eigenvalue weighted by Crippen LogP contribution is 2.28. The summed E-state index contributed by atoms with van der Waals surface area (Å²) in [5.41, 5.74) is 3.48. The number of aromatic nitrogens is 2. The predicted octanol–water partition coefficient (Wildman–Crippen LogP) is 7.20. The molecule has 0 N–H and O–H groups in total. The maximum Gasteiger partial charge on any atom is 0.152 e.